The fourth-order valence-electron chi connectivity index (χ4n) is 2.44. The lowest BCUT2D eigenvalue weighted by Gasteiger charge is -2.23. The van der Waals surface area contributed by atoms with E-state index >= 15 is 0 Å². The lowest BCUT2D eigenvalue weighted by molar-refractivity contribution is 0.306. The maximum Gasteiger partial charge on any atom is -0.00490 e. The van der Waals surface area contributed by atoms with Gasteiger partial charge in [-0.15, -0.1) is 12.4 Å². The summed E-state index contributed by atoms with van der Waals surface area (Å²) in [7, 11) is 0. The molecule has 0 aromatic rings. The van der Waals surface area contributed by atoms with Crippen LogP contribution in [0.1, 0.15) is 58.3 Å². The molecule has 2 N–H and O–H groups in total. The molecule has 14 heavy (non-hydrogen) atoms. The minimum atomic E-state index is 0. The molecule has 1 unspecified atom stereocenters. The third-order valence-corrected chi connectivity index (χ3v) is 3.62. The topological polar surface area (TPSA) is 26.0 Å². The molecule has 1 aliphatic carbocycles. The van der Waals surface area contributed by atoms with Crippen LogP contribution in [0, 0.1) is 11.8 Å². The first-order valence-electron chi connectivity index (χ1n) is 6.06. The molecule has 0 amide bonds. The zero-order chi connectivity index (χ0) is 9.52. The van der Waals surface area contributed by atoms with E-state index in [0.717, 1.165) is 18.4 Å². The summed E-state index contributed by atoms with van der Waals surface area (Å²) in [6.07, 6.45) is 11.5. The van der Waals surface area contributed by atoms with Gasteiger partial charge in [0, 0.05) is 0 Å². The number of rotatable bonds is 5. The zero-order valence-corrected chi connectivity index (χ0v) is 10.3. The summed E-state index contributed by atoms with van der Waals surface area (Å²) < 4.78 is 0. The average Bonchev–Trinajstić information content (AvgIpc) is 2.21. The molecule has 1 nitrogen and oxygen atoms in total. The van der Waals surface area contributed by atoms with E-state index in [1.54, 1.807) is 0 Å². The number of nitrogens with two attached hydrogens (primary N) is 1. The van der Waals surface area contributed by atoms with Gasteiger partial charge in [0.15, 0.2) is 0 Å². The summed E-state index contributed by atoms with van der Waals surface area (Å²) in [4.78, 5) is 0. The first kappa shape index (κ1) is 14.2. The summed E-state index contributed by atoms with van der Waals surface area (Å²) >= 11 is 0. The molecular weight excluding hydrogens is 194 g/mol. The Hall–Kier alpha value is 0.250. The van der Waals surface area contributed by atoms with Gasteiger partial charge >= 0.3 is 0 Å². The van der Waals surface area contributed by atoms with Crippen molar-refractivity contribution in [2.75, 3.05) is 6.54 Å². The monoisotopic (exact) mass is 219 g/mol. The van der Waals surface area contributed by atoms with Crippen molar-refractivity contribution in [2.45, 2.75) is 58.3 Å². The van der Waals surface area contributed by atoms with E-state index in [2.05, 4.69) is 6.92 Å². The molecule has 0 saturated heterocycles. The molecule has 0 aromatic heterocycles. The van der Waals surface area contributed by atoms with Crippen molar-refractivity contribution in [1.29, 1.82) is 0 Å². The van der Waals surface area contributed by atoms with Crippen LogP contribution in [-0.4, -0.2) is 6.54 Å². The smallest absolute Gasteiger partial charge is 0.00490 e. The van der Waals surface area contributed by atoms with Crippen molar-refractivity contribution in [3.05, 3.63) is 0 Å². The second-order valence-electron chi connectivity index (χ2n) is 4.59. The molecule has 0 aromatic carbocycles. The fourth-order valence-corrected chi connectivity index (χ4v) is 2.44. The zero-order valence-electron chi connectivity index (χ0n) is 9.50. The summed E-state index contributed by atoms with van der Waals surface area (Å²) in [5, 5.41) is 0. The van der Waals surface area contributed by atoms with E-state index in [1.165, 1.54) is 51.4 Å². The number of hydrogen-bond donors (Lipinski definition) is 1. The van der Waals surface area contributed by atoms with E-state index in [4.69, 9.17) is 5.73 Å². The summed E-state index contributed by atoms with van der Waals surface area (Å²) in [5.41, 5.74) is 5.70. The van der Waals surface area contributed by atoms with Crippen LogP contribution >= 0.6 is 12.4 Å². The van der Waals surface area contributed by atoms with Gasteiger partial charge in [0.1, 0.15) is 0 Å². The fraction of sp³-hybridized carbons (Fsp3) is 1.00. The van der Waals surface area contributed by atoms with Crippen LogP contribution in [0.4, 0.5) is 0 Å². The molecule has 1 fully saturated rings. The molecular formula is C12H26ClN. The highest BCUT2D eigenvalue weighted by Gasteiger charge is 2.14. The van der Waals surface area contributed by atoms with Gasteiger partial charge in [-0.05, 0) is 24.8 Å². The second kappa shape index (κ2) is 8.55. The third-order valence-electron chi connectivity index (χ3n) is 3.62. The van der Waals surface area contributed by atoms with Crippen LogP contribution in [0.25, 0.3) is 0 Å². The van der Waals surface area contributed by atoms with Crippen LogP contribution in [0.2, 0.25) is 0 Å². The number of hydrogen-bond acceptors (Lipinski definition) is 1. The van der Waals surface area contributed by atoms with E-state index < -0.39 is 0 Å². The van der Waals surface area contributed by atoms with Crippen LogP contribution in [0.3, 0.4) is 0 Å². The second-order valence-corrected chi connectivity index (χ2v) is 4.59. The molecule has 0 bridgehead atoms. The standard InChI is InChI=1S/C12H25N.ClH/c1-2-11(10-13)8-9-12-6-4-3-5-7-12;/h11-12H,2-10,13H2,1H3;1H. The summed E-state index contributed by atoms with van der Waals surface area (Å²) in [6, 6.07) is 0. The van der Waals surface area contributed by atoms with Crippen molar-refractivity contribution < 1.29 is 0 Å². The van der Waals surface area contributed by atoms with E-state index in [9.17, 15) is 0 Å². The van der Waals surface area contributed by atoms with Crippen LogP contribution in [0.5, 0.6) is 0 Å². The molecule has 86 valence electrons. The van der Waals surface area contributed by atoms with Gasteiger partial charge in [-0.25, -0.2) is 0 Å². The average molecular weight is 220 g/mol. The Kier molecular flexibility index (Phi) is 8.70. The Morgan fingerprint density at radius 1 is 1.21 bits per heavy atom. The van der Waals surface area contributed by atoms with Gasteiger partial charge in [0.25, 0.3) is 0 Å². The largest absolute Gasteiger partial charge is 0.330 e. The molecule has 1 saturated carbocycles. The predicted molar refractivity (Wildman–Crippen MR) is 65.9 cm³/mol. The van der Waals surface area contributed by atoms with Gasteiger partial charge in [-0.1, -0.05) is 51.9 Å². The Bertz CT molecular complexity index is 117. The van der Waals surface area contributed by atoms with Crippen LogP contribution in [0.15, 0.2) is 0 Å². The minimum Gasteiger partial charge on any atom is -0.330 e. The first-order valence-corrected chi connectivity index (χ1v) is 6.06. The molecule has 1 atom stereocenters. The minimum absolute atomic E-state index is 0. The SMILES string of the molecule is CCC(CN)CCC1CCCCC1.Cl. The van der Waals surface area contributed by atoms with E-state index in [0.29, 0.717) is 0 Å². The lowest BCUT2D eigenvalue weighted by Crippen LogP contribution is -2.15. The summed E-state index contributed by atoms with van der Waals surface area (Å²) in [5.74, 6) is 1.83. The Morgan fingerprint density at radius 2 is 1.86 bits per heavy atom. The van der Waals surface area contributed by atoms with Crippen molar-refractivity contribution in [3.63, 3.8) is 0 Å². The van der Waals surface area contributed by atoms with Crippen LogP contribution < -0.4 is 5.73 Å². The van der Waals surface area contributed by atoms with Gasteiger partial charge in [-0.3, -0.25) is 0 Å². The molecule has 1 aliphatic rings. The van der Waals surface area contributed by atoms with Crippen molar-refractivity contribution in [2.24, 2.45) is 17.6 Å². The van der Waals surface area contributed by atoms with E-state index in [1.807, 2.05) is 0 Å². The molecule has 2 heteroatoms. The Morgan fingerprint density at radius 3 is 2.36 bits per heavy atom. The van der Waals surface area contributed by atoms with Crippen molar-refractivity contribution in [1.82, 2.24) is 0 Å². The molecule has 0 radical (unpaired) electrons. The van der Waals surface area contributed by atoms with Gasteiger partial charge in [0.2, 0.25) is 0 Å². The van der Waals surface area contributed by atoms with E-state index in [-0.39, 0.29) is 12.4 Å². The van der Waals surface area contributed by atoms with Crippen LogP contribution in [-0.2, 0) is 0 Å². The Balaban J connectivity index is 0.00000169. The van der Waals surface area contributed by atoms with Crippen molar-refractivity contribution in [3.8, 4) is 0 Å². The molecule has 0 heterocycles. The molecule has 0 aliphatic heterocycles. The normalized spacial score (nSPS) is 20.1. The van der Waals surface area contributed by atoms with Crippen molar-refractivity contribution >= 4 is 12.4 Å². The Labute approximate surface area is 95.2 Å². The van der Waals surface area contributed by atoms with Gasteiger partial charge in [0.05, 0.1) is 0 Å². The number of halogens is 1. The molecule has 0 spiro atoms. The highest BCUT2D eigenvalue weighted by atomic mass is 35.5. The van der Waals surface area contributed by atoms with Gasteiger partial charge < -0.3 is 5.73 Å². The maximum atomic E-state index is 5.70. The third kappa shape index (κ3) is 5.21. The lowest BCUT2D eigenvalue weighted by atomic mass is 9.84. The first-order chi connectivity index (χ1) is 6.36. The summed E-state index contributed by atoms with van der Waals surface area (Å²) in [6.45, 7) is 3.15. The highest BCUT2D eigenvalue weighted by molar-refractivity contribution is 5.85. The quantitative estimate of drug-likeness (QED) is 0.749. The highest BCUT2D eigenvalue weighted by Crippen LogP contribution is 2.28. The van der Waals surface area contributed by atoms with Gasteiger partial charge in [-0.2, -0.15) is 0 Å². The predicted octanol–water partition coefficient (Wildman–Crippen LogP) is 3.75. The molecule has 1 rings (SSSR count). The maximum absolute atomic E-state index is 5.70.